The molecule has 0 bridgehead atoms. The molecule has 0 saturated heterocycles. The molecule has 0 fully saturated rings. The van der Waals surface area contributed by atoms with E-state index in [2.05, 4.69) is 77.1 Å². The van der Waals surface area contributed by atoms with Gasteiger partial charge in [0.15, 0.2) is 23.1 Å². The van der Waals surface area contributed by atoms with Gasteiger partial charge in [-0.05, 0) is 225 Å². The van der Waals surface area contributed by atoms with Crippen molar-refractivity contribution in [3.8, 4) is 101 Å². The quantitative estimate of drug-likeness (QED) is 0.0147. The summed E-state index contributed by atoms with van der Waals surface area (Å²) in [6.07, 6.45) is -19.9. The maximum absolute atomic E-state index is 13.9. The average Bonchev–Trinajstić information content (AvgIpc) is 0.763. The van der Waals surface area contributed by atoms with Crippen molar-refractivity contribution in [3.63, 3.8) is 0 Å². The summed E-state index contributed by atoms with van der Waals surface area (Å²) in [5.74, 6) is 0.153. The van der Waals surface area contributed by atoms with Crippen LogP contribution in [-0.4, -0.2) is 108 Å². The van der Waals surface area contributed by atoms with Gasteiger partial charge in [0.1, 0.15) is 0 Å². The predicted molar refractivity (Wildman–Crippen MR) is 511 cm³/mol. The van der Waals surface area contributed by atoms with Gasteiger partial charge in [-0.2, -0.15) is 79.0 Å². The molecule has 0 atom stereocenters. The number of aliphatic hydroxyl groups is 10. The van der Waals surface area contributed by atoms with E-state index in [0.717, 1.165) is 46.6 Å². The van der Waals surface area contributed by atoms with Crippen molar-refractivity contribution in [1.82, 2.24) is 19.9 Å². The van der Waals surface area contributed by atoms with E-state index < -0.39 is 100 Å². The van der Waals surface area contributed by atoms with Crippen LogP contribution in [0.25, 0.3) is 89.5 Å². The largest absolute Gasteiger partial charge is 0.540 e. The molecule has 816 valence electrons. The van der Waals surface area contributed by atoms with Gasteiger partial charge >= 0.3 is 37.1 Å². The summed E-state index contributed by atoms with van der Waals surface area (Å²) < 4.78 is 255. The first kappa shape index (κ1) is 136. The standard InChI is InChI=1S/3C22H16F6NO2.C22H22NO2.4C5H8O2.4Ir/c1-12-7-17(21(23,24)25)20(18(8-12)22(26,27)28)13-5-6-29-19(10-13)16-4-3-15(31-2)9-14(16)11-30;1-12-7-17(21(23,24)25)20(18(8-12)22(26,27)28)16-10-14(31-2)3-4-15(16)19-9-13(11-30)5-6-29-19;1-12-6-16(21(23,24)25)9-18(22(26,27)28)20(12)14-2-3-17(15(8-14)11-31)19-7-13(10-30)4-5-29-19;1-14-8-15(2)22(16(3)9-14)18-4-5-20(19(11-18)13-25)21-10-17(12-24)6-7-23-21;4*1-4(6)3-5(2)7;;;;/h2*3,5-10,30H,11H2,1-2H3;2,4-9,30-31H,10-11H2,1H3;4,6-11,24-25H,12-13H2,1-3H3;4*3,6H,1-2H3;;;;/q4*-1;;;;;;;;. The van der Waals surface area contributed by atoms with E-state index in [-0.39, 0.29) is 226 Å². The van der Waals surface area contributed by atoms with Crippen molar-refractivity contribution in [1.29, 1.82) is 0 Å². The Hall–Kier alpha value is -12.1. The maximum Gasteiger partial charge on any atom is 0.417 e. The molecule has 20 nitrogen and oxygen atoms in total. The molecule has 0 saturated carbocycles. The number of carbonyl (C=O) groups is 4. The van der Waals surface area contributed by atoms with Crippen LogP contribution in [0.3, 0.4) is 0 Å². The van der Waals surface area contributed by atoms with Crippen molar-refractivity contribution in [2.75, 3.05) is 14.2 Å². The van der Waals surface area contributed by atoms with Gasteiger partial charge in [0.05, 0.1) is 90.5 Å². The van der Waals surface area contributed by atoms with Crippen LogP contribution in [0, 0.1) is 65.8 Å². The van der Waals surface area contributed by atoms with Crippen molar-refractivity contribution >= 4 is 23.1 Å². The van der Waals surface area contributed by atoms with Gasteiger partial charge in [0, 0.05) is 166 Å². The van der Waals surface area contributed by atoms with Crippen molar-refractivity contribution in [3.05, 3.63) is 342 Å². The number of hydrogen-bond donors (Lipinski definition) is 10. The Labute approximate surface area is 907 Å². The van der Waals surface area contributed by atoms with Gasteiger partial charge in [-0.1, -0.05) is 98.6 Å². The van der Waals surface area contributed by atoms with Gasteiger partial charge in [-0.15, -0.1) is 94.0 Å². The number of hydrogen-bond acceptors (Lipinski definition) is 20. The molecule has 0 amide bonds. The average molecular weight is 2820 g/mol. The number of aliphatic hydroxyl groups excluding tert-OH is 10. The summed E-state index contributed by atoms with van der Waals surface area (Å²) in [5, 5.41) is 90.6. The molecule has 150 heavy (non-hydrogen) atoms. The van der Waals surface area contributed by atoms with Crippen LogP contribution in [0.2, 0.25) is 0 Å². The molecule has 42 heteroatoms. The monoisotopic (exact) mass is 2820 g/mol. The third-order valence-corrected chi connectivity index (χ3v) is 20.0. The zero-order valence-electron chi connectivity index (χ0n) is 82.6. The predicted octanol–water partition coefficient (Wildman–Crippen LogP) is 25.9. The van der Waals surface area contributed by atoms with Crippen LogP contribution in [0.4, 0.5) is 79.0 Å². The molecule has 12 aromatic rings. The Morgan fingerprint density at radius 1 is 0.300 bits per heavy atom. The third kappa shape index (κ3) is 41.6. The molecule has 4 heterocycles. The number of methoxy groups -OCH3 is 2. The fourth-order valence-corrected chi connectivity index (χ4v) is 14.4. The molecule has 0 aliphatic heterocycles. The van der Waals surface area contributed by atoms with Crippen molar-refractivity contribution < 1.29 is 239 Å². The first-order valence-corrected chi connectivity index (χ1v) is 43.1. The zero-order valence-corrected chi connectivity index (χ0v) is 92.1. The molecule has 4 radical (unpaired) electrons. The number of ether oxygens (including phenoxy) is 2. The minimum absolute atomic E-state index is 0. The van der Waals surface area contributed by atoms with E-state index in [1.807, 2.05) is 18.2 Å². The summed E-state index contributed by atoms with van der Waals surface area (Å²) in [4.78, 5) is 56.7. The van der Waals surface area contributed by atoms with E-state index >= 15 is 0 Å². The van der Waals surface area contributed by atoms with E-state index in [0.29, 0.717) is 69.7 Å². The van der Waals surface area contributed by atoms with E-state index in [9.17, 15) is 129 Å². The van der Waals surface area contributed by atoms with Gasteiger partial charge in [-0.25, -0.2) is 0 Å². The first-order valence-electron chi connectivity index (χ1n) is 43.1. The molecule has 8 aromatic carbocycles. The molecule has 10 N–H and O–H groups in total. The number of alkyl halides is 18. The van der Waals surface area contributed by atoms with Crippen LogP contribution in [0.5, 0.6) is 11.5 Å². The molecule has 4 aromatic heterocycles. The Morgan fingerprint density at radius 3 is 0.873 bits per heavy atom. The Balaban J connectivity index is 0.000000912. The number of pyridine rings is 4. The molecule has 0 spiro atoms. The number of carbonyl (C=O) groups excluding carboxylic acids is 4. The number of allylic oxidation sites excluding steroid dienone is 8. The van der Waals surface area contributed by atoms with E-state index in [1.165, 1.54) is 198 Å². The molecule has 0 aliphatic rings. The molecular formula is C108H102F18Ir4N4O16-4. The fourth-order valence-electron chi connectivity index (χ4n) is 14.4. The number of halogens is 18. The first-order chi connectivity index (χ1) is 67.9. The number of nitrogens with zero attached hydrogens (tertiary/aromatic N) is 4. The van der Waals surface area contributed by atoms with Crippen molar-refractivity contribution in [2.45, 2.75) is 174 Å². The van der Waals surface area contributed by atoms with E-state index in [4.69, 9.17) is 29.9 Å². The van der Waals surface area contributed by atoms with Gasteiger partial charge in [-0.3, -0.25) is 19.2 Å². The minimum Gasteiger partial charge on any atom is -0.540 e. The SMILES string of the molecule is CC(=O)C=C(C)O.CC(=O)C=C(C)O.CC(=O)C=C(C)O.CC(=O)C=C(C)O.COc1c[c-]c(-c2cc(-c3c(C(F)(F)F)cc(C)cc3C(F)(F)F)ccn2)c(CO)c1.COc1c[c-]c(-c2cc(CO)ccn2)c(-c2c(C(F)(F)F)cc(C)cc2C(F)(F)F)c1.Cc1cc(C(F)(F)F)cc(C(F)(F)F)c1-c1c[c-]c(-c2cc(CO)ccn2)c(CO)c1.Cc1cc(C)c(-c2c[c-]c(-c3cc(CO)ccn3)c(CO)c2)c(C)c1.[Ir].[Ir].[Ir].[Ir]. The molecule has 0 unspecified atom stereocenters. The molecular weight excluding hydrogens is 2720 g/mol. The summed E-state index contributed by atoms with van der Waals surface area (Å²) in [5.41, 5.74) is -0.939. The Bertz CT molecular complexity index is 6520. The fraction of sp³-hybridized carbons (Fsp3) is 0.259. The third-order valence-electron chi connectivity index (χ3n) is 20.0. The Morgan fingerprint density at radius 2 is 0.573 bits per heavy atom. The smallest absolute Gasteiger partial charge is 0.417 e. The van der Waals surface area contributed by atoms with E-state index in [1.54, 1.807) is 18.3 Å². The van der Waals surface area contributed by atoms with Gasteiger partial charge < -0.3 is 80.5 Å². The number of ketones is 4. The molecule has 12 rings (SSSR count). The second-order valence-electron chi connectivity index (χ2n) is 32.4. The maximum atomic E-state index is 13.9. The number of rotatable bonds is 20. The van der Waals surface area contributed by atoms with Crippen LogP contribution in [-0.2, 0) is 176 Å². The van der Waals surface area contributed by atoms with Crippen molar-refractivity contribution in [2.24, 2.45) is 0 Å². The van der Waals surface area contributed by atoms with Crippen LogP contribution < -0.4 is 9.47 Å². The summed E-state index contributed by atoms with van der Waals surface area (Å²) in [6.45, 7) is 19.4. The number of aryl methyl sites for hydroxylation is 6. The number of benzene rings is 8. The zero-order chi connectivity index (χ0) is 110. The van der Waals surface area contributed by atoms with Crippen LogP contribution in [0.1, 0.15) is 156 Å². The summed E-state index contributed by atoms with van der Waals surface area (Å²) in [6, 6.07) is 42.8. The summed E-state index contributed by atoms with van der Waals surface area (Å²) in [7, 11) is 2.64. The topological polar surface area (TPSA) is 341 Å². The normalized spacial score (nSPS) is 11.5. The minimum atomic E-state index is -5.05. The molecule has 0 aliphatic carbocycles. The van der Waals surface area contributed by atoms with Crippen LogP contribution in [0.15, 0.2) is 218 Å². The number of aromatic nitrogens is 4. The van der Waals surface area contributed by atoms with Crippen LogP contribution >= 0.6 is 0 Å². The Kier molecular flexibility index (Phi) is 55.1. The summed E-state index contributed by atoms with van der Waals surface area (Å²) >= 11 is 0. The second-order valence-corrected chi connectivity index (χ2v) is 32.4. The second kappa shape index (κ2) is 60.8. The van der Waals surface area contributed by atoms with Gasteiger partial charge in [0.2, 0.25) is 0 Å². The van der Waals surface area contributed by atoms with Gasteiger partial charge in [0.25, 0.3) is 0 Å².